The Bertz CT molecular complexity index is 969. The molecule has 2 aromatic carbocycles. The molecule has 0 fully saturated rings. The molecule has 1 unspecified atom stereocenters. The third kappa shape index (κ3) is 5.04. The second kappa shape index (κ2) is 9.09. The molecular formula is C21H23N3O5. The van der Waals surface area contributed by atoms with Crippen molar-refractivity contribution in [2.24, 2.45) is 0 Å². The summed E-state index contributed by atoms with van der Waals surface area (Å²) in [4.78, 5) is 16.6. The summed E-state index contributed by atoms with van der Waals surface area (Å²) in [6.45, 7) is 3.75. The second-order valence-electron chi connectivity index (χ2n) is 6.37. The maximum Gasteiger partial charge on any atom is 0.261 e. The Morgan fingerprint density at radius 3 is 2.52 bits per heavy atom. The molecule has 152 valence electrons. The van der Waals surface area contributed by atoms with Gasteiger partial charge in [-0.3, -0.25) is 4.79 Å². The third-order valence-corrected chi connectivity index (χ3v) is 4.23. The number of hydrogen-bond acceptors (Lipinski definition) is 7. The number of ether oxygens (including phenoxy) is 3. The zero-order valence-corrected chi connectivity index (χ0v) is 16.8. The maximum atomic E-state index is 12.3. The molecule has 0 bridgehead atoms. The van der Waals surface area contributed by atoms with Gasteiger partial charge in [0.15, 0.2) is 6.10 Å². The summed E-state index contributed by atoms with van der Waals surface area (Å²) in [5.74, 6) is 2.19. The molecule has 29 heavy (non-hydrogen) atoms. The lowest BCUT2D eigenvalue weighted by atomic mass is 10.2. The van der Waals surface area contributed by atoms with Crippen molar-refractivity contribution in [1.29, 1.82) is 0 Å². The molecule has 0 radical (unpaired) electrons. The van der Waals surface area contributed by atoms with Gasteiger partial charge in [-0.1, -0.05) is 22.9 Å². The molecule has 3 aromatic rings. The highest BCUT2D eigenvalue weighted by atomic mass is 16.5. The van der Waals surface area contributed by atoms with Crippen LogP contribution >= 0.6 is 0 Å². The molecule has 8 nitrogen and oxygen atoms in total. The Hall–Kier alpha value is -3.55. The Morgan fingerprint density at radius 2 is 1.83 bits per heavy atom. The zero-order chi connectivity index (χ0) is 20.8. The van der Waals surface area contributed by atoms with E-state index in [1.807, 2.05) is 31.2 Å². The molecule has 8 heteroatoms. The molecule has 0 saturated carbocycles. The van der Waals surface area contributed by atoms with Crippen molar-refractivity contribution in [3.05, 3.63) is 53.9 Å². The summed E-state index contributed by atoms with van der Waals surface area (Å²) in [7, 11) is 3.13. The number of hydrogen-bond donors (Lipinski definition) is 1. The summed E-state index contributed by atoms with van der Waals surface area (Å²) in [5, 5.41) is 6.69. The molecule has 1 amide bonds. The number of aryl methyl sites for hydroxylation is 1. The number of amides is 1. The zero-order valence-electron chi connectivity index (χ0n) is 16.8. The van der Waals surface area contributed by atoms with E-state index in [4.69, 9.17) is 18.7 Å². The molecule has 0 saturated heterocycles. The van der Waals surface area contributed by atoms with Gasteiger partial charge in [-0.05, 0) is 38.1 Å². The average Bonchev–Trinajstić information content (AvgIpc) is 3.21. The predicted molar refractivity (Wildman–Crippen MR) is 106 cm³/mol. The van der Waals surface area contributed by atoms with E-state index < -0.39 is 6.10 Å². The quantitative estimate of drug-likeness (QED) is 0.624. The van der Waals surface area contributed by atoms with E-state index in [-0.39, 0.29) is 18.3 Å². The summed E-state index contributed by atoms with van der Waals surface area (Å²) >= 11 is 0. The molecule has 0 aliphatic heterocycles. The second-order valence-corrected chi connectivity index (χ2v) is 6.37. The minimum Gasteiger partial charge on any atom is -0.497 e. The van der Waals surface area contributed by atoms with Gasteiger partial charge in [0.05, 0.1) is 26.3 Å². The van der Waals surface area contributed by atoms with Crippen molar-refractivity contribution in [3.63, 3.8) is 0 Å². The van der Waals surface area contributed by atoms with Gasteiger partial charge in [-0.2, -0.15) is 4.98 Å². The van der Waals surface area contributed by atoms with Crippen LogP contribution in [-0.4, -0.2) is 36.4 Å². The smallest absolute Gasteiger partial charge is 0.261 e. The van der Waals surface area contributed by atoms with E-state index in [1.165, 1.54) is 0 Å². The fourth-order valence-corrected chi connectivity index (χ4v) is 2.60. The number of benzene rings is 2. The molecule has 0 aliphatic carbocycles. The normalized spacial score (nSPS) is 11.6. The van der Waals surface area contributed by atoms with Gasteiger partial charge in [-0.25, -0.2) is 0 Å². The van der Waals surface area contributed by atoms with Crippen LogP contribution in [0.3, 0.4) is 0 Å². The van der Waals surface area contributed by atoms with Gasteiger partial charge in [0.25, 0.3) is 5.91 Å². The Balaban J connectivity index is 1.60. The first kappa shape index (κ1) is 20.2. The average molecular weight is 397 g/mol. The SMILES string of the molecule is COc1ccc(-c2noc(CNC(=O)C(C)Oc3ccc(C)cc3)n2)c(OC)c1. The van der Waals surface area contributed by atoms with Gasteiger partial charge >= 0.3 is 0 Å². The predicted octanol–water partition coefficient (Wildman–Crippen LogP) is 3.15. The lowest BCUT2D eigenvalue weighted by molar-refractivity contribution is -0.127. The van der Waals surface area contributed by atoms with Crippen LogP contribution in [0.4, 0.5) is 0 Å². The van der Waals surface area contributed by atoms with Crippen molar-refractivity contribution >= 4 is 5.91 Å². The summed E-state index contributed by atoms with van der Waals surface area (Å²) < 4.78 is 21.4. The minimum atomic E-state index is -0.665. The molecule has 1 heterocycles. The molecule has 3 rings (SSSR count). The highest BCUT2D eigenvalue weighted by Gasteiger charge is 2.18. The van der Waals surface area contributed by atoms with Gasteiger partial charge in [0.1, 0.15) is 17.2 Å². The first-order valence-electron chi connectivity index (χ1n) is 9.06. The van der Waals surface area contributed by atoms with E-state index in [9.17, 15) is 4.79 Å². The monoisotopic (exact) mass is 397 g/mol. The third-order valence-electron chi connectivity index (χ3n) is 4.23. The van der Waals surface area contributed by atoms with Crippen LogP contribution in [0.2, 0.25) is 0 Å². The molecular weight excluding hydrogens is 374 g/mol. The van der Waals surface area contributed by atoms with Crippen molar-refractivity contribution in [3.8, 4) is 28.6 Å². The lowest BCUT2D eigenvalue weighted by Gasteiger charge is -2.14. The first-order chi connectivity index (χ1) is 14.0. The highest BCUT2D eigenvalue weighted by molar-refractivity contribution is 5.80. The standard InChI is InChI=1S/C21H23N3O5/c1-13-5-7-15(8-6-13)28-14(2)21(25)22-12-19-23-20(24-29-19)17-10-9-16(26-3)11-18(17)27-4/h5-11,14H,12H2,1-4H3,(H,22,25). The van der Waals surface area contributed by atoms with Crippen LogP contribution in [0.15, 0.2) is 47.0 Å². The number of nitrogens with one attached hydrogen (secondary N) is 1. The van der Waals surface area contributed by atoms with Crippen LogP contribution < -0.4 is 19.5 Å². The molecule has 1 N–H and O–H groups in total. The first-order valence-corrected chi connectivity index (χ1v) is 9.06. The molecule has 1 atom stereocenters. The van der Waals surface area contributed by atoms with Crippen LogP contribution in [0, 0.1) is 6.92 Å². The van der Waals surface area contributed by atoms with Crippen LogP contribution in [0.1, 0.15) is 18.4 Å². The number of aromatic nitrogens is 2. The Labute approximate surface area is 168 Å². The van der Waals surface area contributed by atoms with E-state index in [0.29, 0.717) is 28.6 Å². The van der Waals surface area contributed by atoms with Crippen LogP contribution in [0.25, 0.3) is 11.4 Å². The van der Waals surface area contributed by atoms with Crippen molar-refractivity contribution in [1.82, 2.24) is 15.5 Å². The largest absolute Gasteiger partial charge is 0.497 e. The highest BCUT2D eigenvalue weighted by Crippen LogP contribution is 2.31. The summed E-state index contributed by atoms with van der Waals surface area (Å²) in [5.41, 5.74) is 1.78. The number of rotatable bonds is 8. The summed E-state index contributed by atoms with van der Waals surface area (Å²) in [6.07, 6.45) is -0.665. The van der Waals surface area contributed by atoms with Crippen molar-refractivity contribution < 1.29 is 23.5 Å². The maximum absolute atomic E-state index is 12.3. The van der Waals surface area contributed by atoms with E-state index >= 15 is 0 Å². The summed E-state index contributed by atoms with van der Waals surface area (Å²) in [6, 6.07) is 12.8. The Kier molecular flexibility index (Phi) is 6.33. The lowest BCUT2D eigenvalue weighted by Crippen LogP contribution is -2.35. The van der Waals surface area contributed by atoms with Crippen LogP contribution in [0.5, 0.6) is 17.2 Å². The Morgan fingerprint density at radius 1 is 1.10 bits per heavy atom. The fourth-order valence-electron chi connectivity index (χ4n) is 2.60. The number of carbonyl (C=O) groups excluding carboxylic acids is 1. The van der Waals surface area contributed by atoms with Gasteiger partial charge in [0, 0.05) is 6.07 Å². The molecule has 0 aliphatic rings. The van der Waals surface area contributed by atoms with Gasteiger partial charge < -0.3 is 24.1 Å². The fraction of sp³-hybridized carbons (Fsp3) is 0.286. The van der Waals surface area contributed by atoms with Gasteiger partial charge in [0.2, 0.25) is 11.7 Å². The topological polar surface area (TPSA) is 95.7 Å². The number of carbonyl (C=O) groups is 1. The molecule has 0 spiro atoms. The van der Waals surface area contributed by atoms with Crippen molar-refractivity contribution in [2.75, 3.05) is 14.2 Å². The van der Waals surface area contributed by atoms with E-state index in [0.717, 1.165) is 5.56 Å². The van der Waals surface area contributed by atoms with E-state index in [2.05, 4.69) is 15.5 Å². The number of methoxy groups -OCH3 is 2. The minimum absolute atomic E-state index is 0.0892. The molecule has 1 aromatic heterocycles. The van der Waals surface area contributed by atoms with Crippen molar-refractivity contribution in [2.45, 2.75) is 26.5 Å². The number of nitrogens with zero attached hydrogens (tertiary/aromatic N) is 2. The van der Waals surface area contributed by atoms with Crippen LogP contribution in [-0.2, 0) is 11.3 Å². The van der Waals surface area contributed by atoms with Gasteiger partial charge in [-0.15, -0.1) is 0 Å². The van der Waals surface area contributed by atoms with E-state index in [1.54, 1.807) is 39.3 Å².